The first kappa shape index (κ1) is 16.9. The van der Waals surface area contributed by atoms with Gasteiger partial charge < -0.3 is 14.4 Å². The van der Waals surface area contributed by atoms with E-state index in [1.165, 1.54) is 0 Å². The van der Waals surface area contributed by atoms with Gasteiger partial charge in [-0.1, -0.05) is 18.5 Å². The molecule has 2 amide bonds. The van der Waals surface area contributed by atoms with Gasteiger partial charge in [0.25, 0.3) is 5.91 Å². The maximum atomic E-state index is 12.8. The lowest BCUT2D eigenvalue weighted by atomic mass is 9.92. The average Bonchev–Trinajstić information content (AvgIpc) is 2.93. The van der Waals surface area contributed by atoms with Gasteiger partial charge in [-0.05, 0) is 31.5 Å². The van der Waals surface area contributed by atoms with Crippen molar-refractivity contribution in [2.75, 3.05) is 32.8 Å². The van der Waals surface area contributed by atoms with E-state index >= 15 is 0 Å². The molecule has 2 aliphatic rings. The molecule has 0 aliphatic carbocycles. The van der Waals surface area contributed by atoms with E-state index in [2.05, 4.69) is 0 Å². The molecule has 0 radical (unpaired) electrons. The van der Waals surface area contributed by atoms with Crippen LogP contribution in [-0.4, -0.2) is 60.2 Å². The second kappa shape index (κ2) is 6.51. The Balaban J connectivity index is 1.79. The zero-order valence-corrected chi connectivity index (χ0v) is 14.6. The maximum absolute atomic E-state index is 12.8. The van der Waals surface area contributed by atoms with Crippen LogP contribution in [0.4, 0.5) is 4.79 Å². The molecule has 130 valence electrons. The van der Waals surface area contributed by atoms with Crippen LogP contribution in [0.5, 0.6) is 5.75 Å². The number of hydrogen-bond acceptors (Lipinski definition) is 4. The standard InChI is InChI=1S/C17H21ClN2O4/c1-3-17-10-19(7-8-20(17)16(22)24-11-17)15(21)12-5-6-14(23-4-2)13(18)9-12/h5-6,9H,3-4,7-8,10-11H2,1-2H3. The average molecular weight is 353 g/mol. The lowest BCUT2D eigenvalue weighted by Crippen LogP contribution is -2.62. The Labute approximate surface area is 146 Å². The summed E-state index contributed by atoms with van der Waals surface area (Å²) in [6.07, 6.45) is 0.458. The van der Waals surface area contributed by atoms with E-state index in [0.29, 0.717) is 49.2 Å². The first-order chi connectivity index (χ1) is 11.5. The highest BCUT2D eigenvalue weighted by molar-refractivity contribution is 6.32. The van der Waals surface area contributed by atoms with Gasteiger partial charge >= 0.3 is 6.09 Å². The van der Waals surface area contributed by atoms with E-state index in [1.807, 2.05) is 13.8 Å². The van der Waals surface area contributed by atoms with Crippen LogP contribution in [0.2, 0.25) is 5.02 Å². The molecule has 2 heterocycles. The molecule has 0 saturated carbocycles. The highest BCUT2D eigenvalue weighted by atomic mass is 35.5. The number of halogens is 1. The molecule has 0 spiro atoms. The lowest BCUT2D eigenvalue weighted by molar-refractivity contribution is 0.0361. The molecule has 1 aromatic carbocycles. The predicted octanol–water partition coefficient (Wildman–Crippen LogP) is 2.80. The van der Waals surface area contributed by atoms with Crippen molar-refractivity contribution in [3.63, 3.8) is 0 Å². The van der Waals surface area contributed by atoms with Gasteiger partial charge in [-0.2, -0.15) is 0 Å². The summed E-state index contributed by atoms with van der Waals surface area (Å²) in [4.78, 5) is 28.2. The smallest absolute Gasteiger partial charge is 0.410 e. The van der Waals surface area contributed by atoms with Gasteiger partial charge in [0.05, 0.1) is 17.2 Å². The highest BCUT2D eigenvalue weighted by Gasteiger charge is 2.50. The molecule has 1 atom stereocenters. The van der Waals surface area contributed by atoms with Gasteiger partial charge in [0, 0.05) is 25.2 Å². The van der Waals surface area contributed by atoms with Crippen LogP contribution in [0.1, 0.15) is 30.6 Å². The van der Waals surface area contributed by atoms with Crippen molar-refractivity contribution in [2.45, 2.75) is 25.8 Å². The molecule has 2 aliphatic heterocycles. The van der Waals surface area contributed by atoms with Crippen LogP contribution in [-0.2, 0) is 4.74 Å². The number of cyclic esters (lactones) is 1. The van der Waals surface area contributed by atoms with Crippen molar-refractivity contribution in [3.05, 3.63) is 28.8 Å². The van der Waals surface area contributed by atoms with Gasteiger partial charge in [0.2, 0.25) is 0 Å². The summed E-state index contributed by atoms with van der Waals surface area (Å²) in [5.41, 5.74) is 0.105. The monoisotopic (exact) mass is 352 g/mol. The van der Waals surface area contributed by atoms with E-state index in [9.17, 15) is 9.59 Å². The van der Waals surface area contributed by atoms with Gasteiger partial charge in [0.15, 0.2) is 0 Å². The normalized spacial score (nSPS) is 23.0. The van der Waals surface area contributed by atoms with Crippen molar-refractivity contribution < 1.29 is 19.1 Å². The summed E-state index contributed by atoms with van der Waals surface area (Å²) in [5.74, 6) is 0.479. The molecule has 2 saturated heterocycles. The molecule has 2 fully saturated rings. The number of carbonyl (C=O) groups excluding carboxylic acids is 2. The Bertz CT molecular complexity index is 666. The number of piperazine rings is 1. The lowest BCUT2D eigenvalue weighted by Gasteiger charge is -2.44. The van der Waals surface area contributed by atoms with Crippen molar-refractivity contribution in [3.8, 4) is 5.75 Å². The molecular formula is C17H21ClN2O4. The van der Waals surface area contributed by atoms with Crippen molar-refractivity contribution >= 4 is 23.6 Å². The fraction of sp³-hybridized carbons (Fsp3) is 0.529. The minimum Gasteiger partial charge on any atom is -0.492 e. The van der Waals surface area contributed by atoms with Crippen LogP contribution in [0, 0.1) is 0 Å². The Morgan fingerprint density at radius 1 is 1.38 bits per heavy atom. The molecular weight excluding hydrogens is 332 g/mol. The fourth-order valence-corrected chi connectivity index (χ4v) is 3.56. The number of rotatable bonds is 4. The summed E-state index contributed by atoms with van der Waals surface area (Å²) < 4.78 is 10.6. The van der Waals surface area contributed by atoms with Crippen LogP contribution >= 0.6 is 11.6 Å². The van der Waals surface area contributed by atoms with Crippen molar-refractivity contribution in [1.82, 2.24) is 9.80 Å². The quantitative estimate of drug-likeness (QED) is 0.836. The molecule has 0 N–H and O–H groups in total. The van der Waals surface area contributed by atoms with Gasteiger partial charge in [-0.3, -0.25) is 9.69 Å². The Morgan fingerprint density at radius 2 is 2.17 bits per heavy atom. The SMILES string of the molecule is CCOc1ccc(C(=O)N2CCN3C(=O)OCC3(CC)C2)cc1Cl. The summed E-state index contributed by atoms with van der Waals surface area (Å²) >= 11 is 6.19. The number of benzene rings is 1. The molecule has 7 heteroatoms. The molecule has 6 nitrogen and oxygen atoms in total. The number of ether oxygens (including phenoxy) is 2. The topological polar surface area (TPSA) is 59.1 Å². The Morgan fingerprint density at radius 3 is 2.83 bits per heavy atom. The molecule has 1 unspecified atom stereocenters. The summed E-state index contributed by atoms with van der Waals surface area (Å²) in [6, 6.07) is 5.07. The number of carbonyl (C=O) groups is 2. The fourth-order valence-electron chi connectivity index (χ4n) is 3.33. The minimum absolute atomic E-state index is 0.0910. The van der Waals surface area contributed by atoms with Crippen LogP contribution in [0.3, 0.4) is 0 Å². The third-order valence-electron chi connectivity index (χ3n) is 4.76. The van der Waals surface area contributed by atoms with Gasteiger partial charge in [-0.15, -0.1) is 0 Å². The molecule has 3 rings (SSSR count). The second-order valence-corrected chi connectivity index (χ2v) is 6.50. The molecule has 0 aromatic heterocycles. The first-order valence-electron chi connectivity index (χ1n) is 8.17. The van der Waals surface area contributed by atoms with E-state index in [1.54, 1.807) is 28.0 Å². The number of amides is 2. The minimum atomic E-state index is -0.417. The van der Waals surface area contributed by atoms with Gasteiger partial charge in [0.1, 0.15) is 12.4 Å². The number of nitrogens with zero attached hydrogens (tertiary/aromatic N) is 2. The third-order valence-corrected chi connectivity index (χ3v) is 5.06. The van der Waals surface area contributed by atoms with Gasteiger partial charge in [-0.25, -0.2) is 4.79 Å². The van der Waals surface area contributed by atoms with E-state index < -0.39 is 5.54 Å². The van der Waals surface area contributed by atoms with E-state index in [4.69, 9.17) is 21.1 Å². The van der Waals surface area contributed by atoms with Crippen LogP contribution < -0.4 is 4.74 Å². The highest BCUT2D eigenvalue weighted by Crippen LogP contribution is 2.33. The molecule has 0 bridgehead atoms. The molecule has 1 aromatic rings. The Kier molecular flexibility index (Phi) is 4.58. The largest absolute Gasteiger partial charge is 0.492 e. The van der Waals surface area contributed by atoms with Crippen LogP contribution in [0.25, 0.3) is 0 Å². The zero-order valence-electron chi connectivity index (χ0n) is 13.9. The summed E-state index contributed by atoms with van der Waals surface area (Å²) in [6.45, 7) is 6.18. The number of fused-ring (bicyclic) bond motifs is 1. The zero-order chi connectivity index (χ0) is 17.3. The van der Waals surface area contributed by atoms with E-state index in [-0.39, 0.29) is 12.0 Å². The van der Waals surface area contributed by atoms with Crippen molar-refractivity contribution in [1.29, 1.82) is 0 Å². The predicted molar refractivity (Wildman–Crippen MR) is 89.6 cm³/mol. The second-order valence-electron chi connectivity index (χ2n) is 6.09. The summed E-state index contributed by atoms with van der Waals surface area (Å²) in [5, 5.41) is 0.422. The third kappa shape index (κ3) is 2.79. The van der Waals surface area contributed by atoms with Crippen molar-refractivity contribution in [2.24, 2.45) is 0 Å². The molecule has 24 heavy (non-hydrogen) atoms. The summed E-state index contributed by atoms with van der Waals surface area (Å²) in [7, 11) is 0. The first-order valence-corrected chi connectivity index (χ1v) is 8.54. The maximum Gasteiger partial charge on any atom is 0.410 e. The van der Waals surface area contributed by atoms with E-state index in [0.717, 1.165) is 6.42 Å². The Hall–Kier alpha value is -1.95. The number of hydrogen-bond donors (Lipinski definition) is 0. The van der Waals surface area contributed by atoms with Crippen LogP contribution in [0.15, 0.2) is 18.2 Å².